The molecule has 0 aromatic heterocycles. The normalized spacial score (nSPS) is 32.2. The second-order valence-electron chi connectivity index (χ2n) is 9.00. The van der Waals surface area contributed by atoms with E-state index in [1.165, 1.54) is 49.7 Å². The van der Waals surface area contributed by atoms with E-state index in [0.29, 0.717) is 5.41 Å². The Balaban J connectivity index is 0.00000364. The van der Waals surface area contributed by atoms with Gasteiger partial charge in [0.25, 0.3) is 0 Å². The predicted octanol–water partition coefficient (Wildman–Crippen LogP) is 3.60. The number of nitrogens with zero attached hydrogens (tertiary/aromatic N) is 1. The average molecular weight is 392 g/mol. The van der Waals surface area contributed by atoms with Crippen molar-refractivity contribution in [1.82, 2.24) is 0 Å². The summed E-state index contributed by atoms with van der Waals surface area (Å²) in [6, 6.07) is 12.2. The molecule has 0 amide bonds. The van der Waals surface area contributed by atoms with Crippen molar-refractivity contribution in [3.63, 3.8) is 0 Å². The molecule has 1 fully saturated rings. The molecule has 0 radical (unpaired) electrons. The van der Waals surface area contributed by atoms with Gasteiger partial charge in [0, 0.05) is 23.7 Å². The maximum Gasteiger partial charge on any atom is 0.0894 e. The van der Waals surface area contributed by atoms with E-state index in [2.05, 4.69) is 84.2 Å². The standard InChI is InChI=1S/C25H42N.ClH/c1-7-11-15-21(5)19-26(6)20-22(8-2)25(10-4,18-24(26)9-3)23-16-13-12-14-17-23;/h7,11-14,16-17,21-22,24H,8-10,15,18-20H2,1-6H3;1H/q+1;/p-1/b11-7+;. The van der Waals surface area contributed by atoms with Crippen LogP contribution in [-0.2, 0) is 5.41 Å². The molecule has 1 aliphatic rings. The first-order chi connectivity index (χ1) is 12.5. The van der Waals surface area contributed by atoms with E-state index in [4.69, 9.17) is 0 Å². The van der Waals surface area contributed by atoms with Crippen LogP contribution < -0.4 is 12.4 Å². The number of quaternary nitrogens is 1. The van der Waals surface area contributed by atoms with Gasteiger partial charge in [0.15, 0.2) is 0 Å². The zero-order valence-electron chi connectivity index (χ0n) is 18.5. The maximum absolute atomic E-state index is 2.55. The number of rotatable bonds is 8. The average Bonchev–Trinajstić information content (AvgIpc) is 2.66. The molecular weight excluding hydrogens is 350 g/mol. The molecule has 0 N–H and O–H groups in total. The van der Waals surface area contributed by atoms with Crippen LogP contribution in [-0.4, -0.2) is 30.7 Å². The zero-order valence-corrected chi connectivity index (χ0v) is 19.3. The summed E-state index contributed by atoms with van der Waals surface area (Å²) in [5.41, 5.74) is 1.95. The SMILES string of the molecule is C/C=C/CC(C)C[N+]1(C)CC(CC)C(CC)(c2ccccc2)CC1CC.[Cl-]. The summed E-state index contributed by atoms with van der Waals surface area (Å²) in [5, 5.41) is 0. The van der Waals surface area contributed by atoms with E-state index in [9.17, 15) is 0 Å². The Labute approximate surface area is 175 Å². The summed E-state index contributed by atoms with van der Waals surface area (Å²) in [7, 11) is 2.55. The Kier molecular flexibility index (Phi) is 9.58. The first kappa shape index (κ1) is 24.2. The van der Waals surface area contributed by atoms with Gasteiger partial charge in [-0.3, -0.25) is 0 Å². The molecule has 1 aliphatic heterocycles. The zero-order chi connectivity index (χ0) is 19.2. The number of likely N-dealkylation sites (tertiary alicyclic amines) is 1. The maximum atomic E-state index is 2.55. The van der Waals surface area contributed by atoms with Crippen LogP contribution in [0, 0.1) is 11.8 Å². The smallest absolute Gasteiger partial charge is 0.0894 e. The molecule has 0 bridgehead atoms. The van der Waals surface area contributed by atoms with Crippen molar-refractivity contribution >= 4 is 0 Å². The molecule has 2 heteroatoms. The molecule has 5 unspecified atom stereocenters. The van der Waals surface area contributed by atoms with Crippen molar-refractivity contribution in [3.8, 4) is 0 Å². The first-order valence-corrected chi connectivity index (χ1v) is 11.0. The van der Waals surface area contributed by atoms with E-state index in [-0.39, 0.29) is 12.4 Å². The molecule has 0 spiro atoms. The fourth-order valence-corrected chi connectivity index (χ4v) is 5.88. The highest BCUT2D eigenvalue weighted by molar-refractivity contribution is 5.27. The lowest BCUT2D eigenvalue weighted by Crippen LogP contribution is -3.00. The van der Waals surface area contributed by atoms with Crippen LogP contribution in [0.5, 0.6) is 0 Å². The van der Waals surface area contributed by atoms with E-state index < -0.39 is 0 Å². The second kappa shape index (κ2) is 10.7. The summed E-state index contributed by atoms with van der Waals surface area (Å²) < 4.78 is 1.27. The Hall–Kier alpha value is -0.790. The number of benzene rings is 1. The van der Waals surface area contributed by atoms with Gasteiger partial charge in [-0.2, -0.15) is 0 Å². The van der Waals surface area contributed by atoms with Gasteiger partial charge in [0.2, 0.25) is 0 Å². The first-order valence-electron chi connectivity index (χ1n) is 11.0. The summed E-state index contributed by atoms with van der Waals surface area (Å²) >= 11 is 0. The van der Waals surface area contributed by atoms with Crippen LogP contribution in [0.2, 0.25) is 0 Å². The van der Waals surface area contributed by atoms with Gasteiger partial charge in [0.05, 0.1) is 26.2 Å². The highest BCUT2D eigenvalue weighted by Gasteiger charge is 2.51. The summed E-state index contributed by atoms with van der Waals surface area (Å²) in [5.74, 6) is 1.53. The minimum atomic E-state index is 0. The molecule has 1 aromatic rings. The van der Waals surface area contributed by atoms with Crippen molar-refractivity contribution in [2.24, 2.45) is 11.8 Å². The lowest BCUT2D eigenvalue weighted by molar-refractivity contribution is -0.946. The van der Waals surface area contributed by atoms with Crippen LogP contribution in [0.1, 0.15) is 72.3 Å². The summed E-state index contributed by atoms with van der Waals surface area (Å²) in [6.07, 6.45) is 11.0. The Morgan fingerprint density at radius 3 is 2.33 bits per heavy atom. The van der Waals surface area contributed by atoms with Gasteiger partial charge in [0.1, 0.15) is 0 Å². The molecule has 2 rings (SSSR count). The number of hydrogen-bond acceptors (Lipinski definition) is 0. The van der Waals surface area contributed by atoms with Gasteiger partial charge < -0.3 is 16.9 Å². The largest absolute Gasteiger partial charge is 1.00 e. The van der Waals surface area contributed by atoms with E-state index in [0.717, 1.165) is 17.9 Å². The number of piperidine rings is 1. The summed E-state index contributed by atoms with van der Waals surface area (Å²) in [6.45, 7) is 14.5. The number of allylic oxidation sites excluding steroid dienone is 2. The highest BCUT2D eigenvalue weighted by atomic mass is 35.5. The molecule has 1 heterocycles. The van der Waals surface area contributed by atoms with Gasteiger partial charge in [-0.1, -0.05) is 70.2 Å². The molecule has 1 aromatic carbocycles. The van der Waals surface area contributed by atoms with Gasteiger partial charge >= 0.3 is 0 Å². The molecule has 27 heavy (non-hydrogen) atoms. The minimum absolute atomic E-state index is 0. The minimum Gasteiger partial charge on any atom is -1.00 e. The van der Waals surface area contributed by atoms with Crippen LogP contribution in [0.25, 0.3) is 0 Å². The van der Waals surface area contributed by atoms with Crippen LogP contribution in [0.4, 0.5) is 0 Å². The van der Waals surface area contributed by atoms with Gasteiger partial charge in [-0.15, -0.1) is 0 Å². The molecule has 0 saturated carbocycles. The van der Waals surface area contributed by atoms with Crippen LogP contribution in [0.3, 0.4) is 0 Å². The fraction of sp³-hybridized carbons (Fsp3) is 0.680. The highest BCUT2D eigenvalue weighted by Crippen LogP contribution is 2.49. The van der Waals surface area contributed by atoms with Crippen molar-refractivity contribution < 1.29 is 16.9 Å². The number of hydrogen-bond donors (Lipinski definition) is 0. The van der Waals surface area contributed by atoms with E-state index in [1.54, 1.807) is 5.56 Å². The quantitative estimate of drug-likeness (QED) is 0.469. The molecule has 1 saturated heterocycles. The van der Waals surface area contributed by atoms with Crippen molar-refractivity contribution in [3.05, 3.63) is 48.0 Å². The number of halogens is 1. The molecule has 0 aliphatic carbocycles. The van der Waals surface area contributed by atoms with E-state index >= 15 is 0 Å². The molecule has 5 atom stereocenters. The van der Waals surface area contributed by atoms with E-state index in [1.807, 2.05) is 0 Å². The van der Waals surface area contributed by atoms with Crippen molar-refractivity contribution in [2.45, 2.75) is 78.2 Å². The van der Waals surface area contributed by atoms with Crippen LogP contribution >= 0.6 is 0 Å². The Morgan fingerprint density at radius 2 is 1.81 bits per heavy atom. The Bertz CT molecular complexity index is 569. The van der Waals surface area contributed by atoms with Crippen LogP contribution in [0.15, 0.2) is 42.5 Å². The van der Waals surface area contributed by atoms with Crippen molar-refractivity contribution in [1.29, 1.82) is 0 Å². The topological polar surface area (TPSA) is 0 Å². The van der Waals surface area contributed by atoms with Gasteiger partial charge in [-0.05, 0) is 38.2 Å². The Morgan fingerprint density at radius 1 is 1.15 bits per heavy atom. The third-order valence-corrected chi connectivity index (χ3v) is 7.35. The molecular formula is C25H42ClN. The monoisotopic (exact) mass is 391 g/mol. The lowest BCUT2D eigenvalue weighted by atomic mass is 9.60. The predicted molar refractivity (Wildman–Crippen MR) is 115 cm³/mol. The summed E-state index contributed by atoms with van der Waals surface area (Å²) in [4.78, 5) is 0. The second-order valence-corrected chi connectivity index (χ2v) is 9.00. The molecule has 154 valence electrons. The third kappa shape index (κ3) is 5.18. The molecule has 1 nitrogen and oxygen atoms in total. The fourth-order valence-electron chi connectivity index (χ4n) is 5.88. The van der Waals surface area contributed by atoms with Gasteiger partial charge in [-0.25, -0.2) is 0 Å². The van der Waals surface area contributed by atoms with Crippen molar-refractivity contribution in [2.75, 3.05) is 20.1 Å². The lowest BCUT2D eigenvalue weighted by Gasteiger charge is -2.56. The third-order valence-electron chi connectivity index (χ3n) is 7.35.